The van der Waals surface area contributed by atoms with Crippen molar-refractivity contribution in [3.63, 3.8) is 0 Å². The summed E-state index contributed by atoms with van der Waals surface area (Å²) in [5, 5.41) is 0. The molecule has 58 valence electrons. The average Bonchev–Trinajstić information content (AvgIpc) is 2.34. The topological polar surface area (TPSA) is 32.5 Å². The molecule has 0 unspecified atom stereocenters. The molecule has 0 saturated heterocycles. The maximum atomic E-state index is 5.36. The Morgan fingerprint density at radius 1 is 1.60 bits per heavy atom. The molecule has 4 heteroatoms. The molecule has 1 aliphatic heterocycles. The number of halogens is 1. The molecule has 1 heterocycles. The van der Waals surface area contributed by atoms with Gasteiger partial charge >= 0.3 is 0 Å². The first kappa shape index (κ1) is 9.52. The van der Waals surface area contributed by atoms with E-state index in [1.807, 2.05) is 22.2 Å². The van der Waals surface area contributed by atoms with E-state index in [1.165, 1.54) is 0 Å². The van der Waals surface area contributed by atoms with Crippen LogP contribution in [0.5, 0.6) is 0 Å². The Bertz CT molecular complexity index is 135. The molecule has 0 aromatic rings. The first-order valence-electron chi connectivity index (χ1n) is 2.87. The van der Waals surface area contributed by atoms with E-state index in [1.54, 1.807) is 6.20 Å². The van der Waals surface area contributed by atoms with Gasteiger partial charge in [-0.25, -0.2) is 0 Å². The minimum Gasteiger partial charge on any atom is -0.346 e. The van der Waals surface area contributed by atoms with Gasteiger partial charge in [-0.05, 0) is 6.20 Å². The lowest BCUT2D eigenvalue weighted by Gasteiger charge is -2.15. The fourth-order valence-corrected chi connectivity index (χ4v) is 0.721. The smallest absolute Gasteiger partial charge is 0.0947 e. The number of hydrogen-bond donors (Lipinski definition) is 1. The zero-order valence-electron chi connectivity index (χ0n) is 5.73. The minimum absolute atomic E-state index is 0. The summed E-state index contributed by atoms with van der Waals surface area (Å²) in [6, 6.07) is 0. The van der Waals surface area contributed by atoms with Crippen molar-refractivity contribution in [3.05, 3.63) is 25.2 Å². The lowest BCUT2D eigenvalue weighted by Crippen LogP contribution is -2.27. The molecule has 0 fully saturated rings. The van der Waals surface area contributed by atoms with Crippen molar-refractivity contribution < 1.29 is 0 Å². The molecule has 0 aliphatic carbocycles. The average molecular weight is 206 g/mol. The van der Waals surface area contributed by atoms with Crippen LogP contribution in [0.4, 0.5) is 0 Å². The van der Waals surface area contributed by atoms with Gasteiger partial charge in [-0.1, -0.05) is 6.58 Å². The number of nitrogens with zero attached hydrogens (tertiary/aromatic N) is 2. The molecule has 0 aromatic heterocycles. The Kier molecular flexibility index (Phi) is 4.14. The van der Waals surface area contributed by atoms with Crippen molar-refractivity contribution in [3.8, 4) is 0 Å². The molecule has 1 rings (SSSR count). The van der Waals surface area contributed by atoms with Gasteiger partial charge in [0, 0.05) is 12.4 Å². The zero-order valence-corrected chi connectivity index (χ0v) is 7.45. The van der Waals surface area contributed by atoms with Gasteiger partial charge in [0.1, 0.15) is 0 Å². The van der Waals surface area contributed by atoms with Gasteiger partial charge in [0.25, 0.3) is 0 Å². The van der Waals surface area contributed by atoms with E-state index in [9.17, 15) is 0 Å². The molecule has 10 heavy (non-hydrogen) atoms. The summed E-state index contributed by atoms with van der Waals surface area (Å²) >= 11 is 0. The third-order valence-corrected chi connectivity index (χ3v) is 1.28. The van der Waals surface area contributed by atoms with E-state index in [0.717, 1.165) is 6.67 Å². The molecule has 2 N–H and O–H groups in total. The van der Waals surface area contributed by atoms with Crippen LogP contribution in [-0.2, 0) is 0 Å². The van der Waals surface area contributed by atoms with E-state index in [2.05, 4.69) is 6.58 Å². The van der Waals surface area contributed by atoms with Crippen molar-refractivity contribution in [2.75, 3.05) is 13.3 Å². The van der Waals surface area contributed by atoms with E-state index in [-0.39, 0.29) is 17.0 Å². The fraction of sp³-hybridized carbons (Fsp3) is 0.333. The predicted molar refractivity (Wildman–Crippen MR) is 47.3 cm³/mol. The van der Waals surface area contributed by atoms with Crippen LogP contribution in [0, 0.1) is 0 Å². The minimum atomic E-state index is 0. The van der Waals surface area contributed by atoms with Gasteiger partial charge in [0.2, 0.25) is 0 Å². The monoisotopic (exact) mass is 205 g/mol. The quantitative estimate of drug-likeness (QED) is 0.720. The summed E-state index contributed by atoms with van der Waals surface area (Å²) in [6.07, 6.45) is 5.66. The summed E-state index contributed by atoms with van der Waals surface area (Å²) in [5.74, 6) is 0. The lowest BCUT2D eigenvalue weighted by molar-refractivity contribution is 0.322. The molecule has 1 aliphatic rings. The maximum absolute atomic E-state index is 5.36. The summed E-state index contributed by atoms with van der Waals surface area (Å²) < 4.78 is 0. The van der Waals surface area contributed by atoms with Crippen LogP contribution in [0.1, 0.15) is 0 Å². The normalized spacial score (nSPS) is 15.3. The molecule has 0 amide bonds. The summed E-state index contributed by atoms with van der Waals surface area (Å²) in [6.45, 7) is 5.02. The van der Waals surface area contributed by atoms with Gasteiger partial charge < -0.3 is 15.5 Å². The standard InChI is InChI=1S/C6H11N3.BrH/c1-2-8-3-4-9(5-7)6-8;/h2-4H,1,5-7H2;1H. The van der Waals surface area contributed by atoms with Crippen molar-refractivity contribution in [2.45, 2.75) is 0 Å². The highest BCUT2D eigenvalue weighted by Gasteiger charge is 2.05. The SMILES string of the molecule is Br.C=CN1C=CN(CN)C1. The van der Waals surface area contributed by atoms with E-state index >= 15 is 0 Å². The maximum Gasteiger partial charge on any atom is 0.0947 e. The van der Waals surface area contributed by atoms with Crippen LogP contribution in [0.15, 0.2) is 25.2 Å². The molecule has 3 nitrogen and oxygen atoms in total. The van der Waals surface area contributed by atoms with E-state index in [4.69, 9.17) is 5.73 Å². The van der Waals surface area contributed by atoms with Crippen LogP contribution in [0.2, 0.25) is 0 Å². The second-order valence-corrected chi connectivity index (χ2v) is 1.91. The Morgan fingerprint density at radius 3 is 2.60 bits per heavy atom. The Hall–Kier alpha value is -0.480. The number of nitrogens with two attached hydrogens (primary N) is 1. The highest BCUT2D eigenvalue weighted by molar-refractivity contribution is 8.93. The number of hydrogen-bond acceptors (Lipinski definition) is 3. The Labute approximate surface area is 71.6 Å². The van der Waals surface area contributed by atoms with Gasteiger partial charge in [-0.15, -0.1) is 17.0 Å². The Balaban J connectivity index is 0.000000810. The van der Waals surface area contributed by atoms with Crippen LogP contribution >= 0.6 is 17.0 Å². The molecule has 0 bridgehead atoms. The molecule has 0 radical (unpaired) electrons. The first-order chi connectivity index (χ1) is 4.36. The highest BCUT2D eigenvalue weighted by atomic mass is 79.9. The van der Waals surface area contributed by atoms with Crippen LogP contribution < -0.4 is 5.73 Å². The molecule has 0 aromatic carbocycles. The summed E-state index contributed by atoms with van der Waals surface area (Å²) in [5.41, 5.74) is 5.36. The predicted octanol–water partition coefficient (Wildman–Crippen LogP) is 0.670. The van der Waals surface area contributed by atoms with Crippen molar-refractivity contribution in [1.82, 2.24) is 9.80 Å². The second kappa shape index (κ2) is 4.35. The van der Waals surface area contributed by atoms with Gasteiger partial charge in [-0.2, -0.15) is 0 Å². The van der Waals surface area contributed by atoms with Crippen LogP contribution in [0.25, 0.3) is 0 Å². The first-order valence-corrected chi connectivity index (χ1v) is 2.87. The van der Waals surface area contributed by atoms with Crippen LogP contribution in [0.3, 0.4) is 0 Å². The molecule has 0 saturated carbocycles. The van der Waals surface area contributed by atoms with Gasteiger partial charge in [0.15, 0.2) is 0 Å². The van der Waals surface area contributed by atoms with Crippen molar-refractivity contribution >= 4 is 17.0 Å². The second-order valence-electron chi connectivity index (χ2n) is 1.91. The van der Waals surface area contributed by atoms with Gasteiger partial charge in [-0.3, -0.25) is 0 Å². The lowest BCUT2D eigenvalue weighted by atomic mass is 10.8. The van der Waals surface area contributed by atoms with Gasteiger partial charge in [0.05, 0.1) is 13.3 Å². The summed E-state index contributed by atoms with van der Waals surface area (Å²) in [7, 11) is 0. The third kappa shape index (κ3) is 2.04. The molecule has 0 spiro atoms. The van der Waals surface area contributed by atoms with E-state index in [0.29, 0.717) is 6.67 Å². The summed E-state index contributed by atoms with van der Waals surface area (Å²) in [4.78, 5) is 3.95. The largest absolute Gasteiger partial charge is 0.346 e. The molecular formula is C6H12BrN3. The van der Waals surface area contributed by atoms with Crippen molar-refractivity contribution in [2.24, 2.45) is 5.73 Å². The highest BCUT2D eigenvalue weighted by Crippen LogP contribution is 2.03. The Morgan fingerprint density at radius 2 is 2.30 bits per heavy atom. The third-order valence-electron chi connectivity index (χ3n) is 1.28. The van der Waals surface area contributed by atoms with Crippen LogP contribution in [-0.4, -0.2) is 23.1 Å². The molecule has 0 atom stereocenters. The fourth-order valence-electron chi connectivity index (χ4n) is 0.721. The van der Waals surface area contributed by atoms with Crippen molar-refractivity contribution in [1.29, 1.82) is 0 Å². The van der Waals surface area contributed by atoms with E-state index < -0.39 is 0 Å². The number of rotatable bonds is 2. The zero-order chi connectivity index (χ0) is 6.69. The molecular weight excluding hydrogens is 194 g/mol.